The van der Waals surface area contributed by atoms with Gasteiger partial charge in [-0.2, -0.15) is 0 Å². The summed E-state index contributed by atoms with van der Waals surface area (Å²) >= 11 is 1.38. The molecule has 20 heavy (non-hydrogen) atoms. The number of nitrogens with two attached hydrogens (primary N) is 1. The number of aromatic nitrogens is 1. The van der Waals surface area contributed by atoms with Gasteiger partial charge in [0.1, 0.15) is 16.5 Å². The van der Waals surface area contributed by atoms with Gasteiger partial charge in [0.15, 0.2) is 0 Å². The lowest BCUT2D eigenvalue weighted by Crippen LogP contribution is -2.14. The summed E-state index contributed by atoms with van der Waals surface area (Å²) in [6, 6.07) is 5.41. The highest BCUT2D eigenvalue weighted by molar-refractivity contribution is 7.09. The Morgan fingerprint density at radius 1 is 1.50 bits per heavy atom. The van der Waals surface area contributed by atoms with Crippen LogP contribution in [0.4, 0.5) is 5.69 Å². The first kappa shape index (κ1) is 14.5. The molecule has 0 aliphatic heterocycles. The van der Waals surface area contributed by atoms with Gasteiger partial charge in [-0.1, -0.05) is 6.07 Å². The fourth-order valence-corrected chi connectivity index (χ4v) is 2.45. The summed E-state index contributed by atoms with van der Waals surface area (Å²) < 4.78 is 5.25. The van der Waals surface area contributed by atoms with Crippen LogP contribution in [0.5, 0.6) is 5.75 Å². The zero-order chi connectivity index (χ0) is 14.7. The minimum absolute atomic E-state index is 0.171. The fourth-order valence-electron chi connectivity index (χ4n) is 1.69. The lowest BCUT2D eigenvalue weighted by atomic mass is 10.2. The topological polar surface area (TPSA) is 77.2 Å². The van der Waals surface area contributed by atoms with Crippen molar-refractivity contribution in [2.75, 3.05) is 12.4 Å². The van der Waals surface area contributed by atoms with Crippen molar-refractivity contribution in [2.45, 2.75) is 19.9 Å². The van der Waals surface area contributed by atoms with Crippen LogP contribution in [0.3, 0.4) is 0 Å². The quantitative estimate of drug-likeness (QED) is 0.908. The monoisotopic (exact) mass is 291 g/mol. The Kier molecular flexibility index (Phi) is 4.36. The highest BCUT2D eigenvalue weighted by Crippen LogP contribution is 2.26. The van der Waals surface area contributed by atoms with E-state index >= 15 is 0 Å². The normalized spacial score (nSPS) is 12.0. The van der Waals surface area contributed by atoms with Crippen LogP contribution < -0.4 is 15.8 Å². The molecular weight excluding hydrogens is 274 g/mol. The number of ether oxygens (including phenoxy) is 1. The number of nitrogens with one attached hydrogen (secondary N) is 1. The summed E-state index contributed by atoms with van der Waals surface area (Å²) in [7, 11) is 1.57. The number of hydrogen-bond donors (Lipinski definition) is 2. The van der Waals surface area contributed by atoms with Crippen molar-refractivity contribution in [2.24, 2.45) is 5.73 Å². The summed E-state index contributed by atoms with van der Waals surface area (Å²) in [5.41, 5.74) is 7.79. The van der Waals surface area contributed by atoms with Crippen LogP contribution in [0.15, 0.2) is 23.6 Å². The number of hydrogen-bond acceptors (Lipinski definition) is 5. The van der Waals surface area contributed by atoms with E-state index in [1.54, 1.807) is 12.5 Å². The maximum atomic E-state index is 12.1. The predicted molar refractivity (Wildman–Crippen MR) is 80.4 cm³/mol. The molecule has 3 N–H and O–H groups in total. The van der Waals surface area contributed by atoms with Gasteiger partial charge in [0.25, 0.3) is 5.91 Å². The van der Waals surface area contributed by atoms with Gasteiger partial charge in [0.2, 0.25) is 0 Å². The molecule has 1 aromatic carbocycles. The molecule has 1 amide bonds. The molecule has 6 heteroatoms. The molecule has 0 spiro atoms. The van der Waals surface area contributed by atoms with Gasteiger partial charge in [-0.15, -0.1) is 11.3 Å². The van der Waals surface area contributed by atoms with E-state index in [1.807, 2.05) is 32.0 Å². The van der Waals surface area contributed by atoms with Gasteiger partial charge < -0.3 is 15.8 Å². The van der Waals surface area contributed by atoms with Crippen molar-refractivity contribution in [3.8, 4) is 5.75 Å². The van der Waals surface area contributed by atoms with Crippen LogP contribution in [0, 0.1) is 6.92 Å². The molecular formula is C14H17N3O2S. The number of anilines is 1. The van der Waals surface area contributed by atoms with Crippen LogP contribution in [0.25, 0.3) is 0 Å². The van der Waals surface area contributed by atoms with Crippen molar-refractivity contribution < 1.29 is 9.53 Å². The average Bonchev–Trinajstić information content (AvgIpc) is 2.90. The molecule has 0 aliphatic carbocycles. The lowest BCUT2D eigenvalue weighted by molar-refractivity contribution is 0.102. The molecule has 1 atom stereocenters. The van der Waals surface area contributed by atoms with E-state index in [4.69, 9.17) is 10.5 Å². The number of methoxy groups -OCH3 is 1. The molecule has 1 unspecified atom stereocenters. The third-order valence-electron chi connectivity index (χ3n) is 2.75. The molecule has 0 bridgehead atoms. The third-order valence-corrected chi connectivity index (χ3v) is 3.80. The van der Waals surface area contributed by atoms with Crippen LogP contribution >= 0.6 is 11.3 Å². The highest BCUT2D eigenvalue weighted by atomic mass is 32.1. The molecule has 0 radical (unpaired) electrons. The molecule has 2 rings (SSSR count). The standard InChI is InChI=1S/C14H17N3O2S/c1-8-4-5-10(12(6-8)19-3)16-13(18)11-7-20-14(17-11)9(2)15/h4-7,9H,15H2,1-3H3,(H,16,18). The maximum absolute atomic E-state index is 12.1. The van der Waals surface area contributed by atoms with E-state index in [2.05, 4.69) is 10.3 Å². The molecule has 0 saturated carbocycles. The molecule has 2 aromatic rings. The number of amides is 1. The molecule has 1 aromatic heterocycles. The number of thiazole rings is 1. The van der Waals surface area contributed by atoms with Gasteiger partial charge in [0.05, 0.1) is 18.8 Å². The first-order chi connectivity index (χ1) is 9.51. The summed E-state index contributed by atoms with van der Waals surface area (Å²) in [6.45, 7) is 3.80. The smallest absolute Gasteiger partial charge is 0.275 e. The minimum Gasteiger partial charge on any atom is -0.495 e. The third kappa shape index (κ3) is 3.15. The van der Waals surface area contributed by atoms with Gasteiger partial charge in [-0.05, 0) is 31.5 Å². The van der Waals surface area contributed by atoms with Crippen molar-refractivity contribution in [1.82, 2.24) is 4.98 Å². The van der Waals surface area contributed by atoms with Crippen LogP contribution in [-0.4, -0.2) is 18.0 Å². The SMILES string of the molecule is COc1cc(C)ccc1NC(=O)c1csc(C(C)N)n1. The molecule has 0 aliphatic rings. The maximum Gasteiger partial charge on any atom is 0.275 e. The highest BCUT2D eigenvalue weighted by Gasteiger charge is 2.14. The Balaban J connectivity index is 2.18. The molecule has 0 fully saturated rings. The number of nitrogens with zero attached hydrogens (tertiary/aromatic N) is 1. The Labute approximate surface area is 121 Å². The summed E-state index contributed by atoms with van der Waals surface area (Å²) in [5, 5.41) is 5.24. The van der Waals surface area contributed by atoms with Gasteiger partial charge >= 0.3 is 0 Å². The van der Waals surface area contributed by atoms with Crippen molar-refractivity contribution >= 4 is 22.9 Å². The first-order valence-corrected chi connectivity index (χ1v) is 7.06. The Morgan fingerprint density at radius 3 is 2.85 bits per heavy atom. The van der Waals surface area contributed by atoms with E-state index in [1.165, 1.54) is 11.3 Å². The average molecular weight is 291 g/mol. The number of carbonyl (C=O) groups excluding carboxylic acids is 1. The van der Waals surface area contributed by atoms with Crippen molar-refractivity contribution in [3.63, 3.8) is 0 Å². The summed E-state index contributed by atoms with van der Waals surface area (Å²) in [6.07, 6.45) is 0. The largest absolute Gasteiger partial charge is 0.495 e. The second kappa shape index (κ2) is 6.02. The zero-order valence-corrected chi connectivity index (χ0v) is 12.5. The molecule has 0 saturated heterocycles. The molecule has 5 nitrogen and oxygen atoms in total. The number of benzene rings is 1. The van der Waals surface area contributed by atoms with Crippen LogP contribution in [0.1, 0.15) is 34.0 Å². The Morgan fingerprint density at radius 2 is 2.25 bits per heavy atom. The Bertz CT molecular complexity index is 623. The van der Waals surface area contributed by atoms with Crippen molar-refractivity contribution in [3.05, 3.63) is 39.8 Å². The minimum atomic E-state index is -0.268. The predicted octanol–water partition coefficient (Wildman–Crippen LogP) is 2.73. The van der Waals surface area contributed by atoms with Gasteiger partial charge in [0, 0.05) is 5.38 Å². The van der Waals surface area contributed by atoms with Crippen LogP contribution in [-0.2, 0) is 0 Å². The molecule has 106 valence electrons. The Hall–Kier alpha value is -1.92. The van der Waals surface area contributed by atoms with E-state index in [9.17, 15) is 4.79 Å². The van der Waals surface area contributed by atoms with Gasteiger partial charge in [-0.3, -0.25) is 4.79 Å². The second-order valence-corrected chi connectivity index (χ2v) is 5.41. The summed E-state index contributed by atoms with van der Waals surface area (Å²) in [5.74, 6) is 0.358. The lowest BCUT2D eigenvalue weighted by Gasteiger charge is -2.10. The van der Waals surface area contributed by atoms with E-state index in [0.717, 1.165) is 10.6 Å². The fraction of sp³-hybridized carbons (Fsp3) is 0.286. The van der Waals surface area contributed by atoms with E-state index in [0.29, 0.717) is 17.1 Å². The molecule has 1 heterocycles. The summed E-state index contributed by atoms with van der Waals surface area (Å²) in [4.78, 5) is 16.4. The number of carbonyl (C=O) groups is 1. The number of rotatable bonds is 4. The van der Waals surface area contributed by atoms with Crippen LogP contribution in [0.2, 0.25) is 0 Å². The zero-order valence-electron chi connectivity index (χ0n) is 11.6. The first-order valence-electron chi connectivity index (χ1n) is 6.18. The number of aryl methyl sites for hydroxylation is 1. The van der Waals surface area contributed by atoms with E-state index in [-0.39, 0.29) is 11.9 Å². The van der Waals surface area contributed by atoms with E-state index < -0.39 is 0 Å². The second-order valence-electron chi connectivity index (χ2n) is 4.52. The van der Waals surface area contributed by atoms with Gasteiger partial charge in [-0.25, -0.2) is 4.98 Å². The van der Waals surface area contributed by atoms with Crippen molar-refractivity contribution in [1.29, 1.82) is 0 Å².